The predicted molar refractivity (Wildman–Crippen MR) is 84.2 cm³/mol. The van der Waals surface area contributed by atoms with Crippen LogP contribution in [-0.2, 0) is 10.0 Å². The van der Waals surface area contributed by atoms with Crippen LogP contribution in [0.25, 0.3) is 5.57 Å². The molecule has 0 aromatic heterocycles. The van der Waals surface area contributed by atoms with E-state index in [0.29, 0.717) is 19.5 Å². The first kappa shape index (κ1) is 14.9. The minimum absolute atomic E-state index is 0.128. The van der Waals surface area contributed by atoms with Gasteiger partial charge in [-0.3, -0.25) is 0 Å². The molecular formula is C17H16FNO2S. The van der Waals surface area contributed by atoms with Crippen molar-refractivity contribution in [3.63, 3.8) is 0 Å². The Kier molecular flexibility index (Phi) is 4.09. The fraction of sp³-hybridized carbons (Fsp3) is 0.176. The molecule has 0 radical (unpaired) electrons. The smallest absolute Gasteiger partial charge is 0.207 e. The van der Waals surface area contributed by atoms with Crippen molar-refractivity contribution in [2.75, 3.05) is 13.1 Å². The molecule has 1 heterocycles. The minimum atomic E-state index is -3.59. The highest BCUT2D eigenvalue weighted by molar-refractivity contribution is 7.89. The van der Waals surface area contributed by atoms with E-state index in [4.69, 9.17) is 0 Å². The van der Waals surface area contributed by atoms with Gasteiger partial charge in [0.05, 0.1) is 4.90 Å². The standard InChI is InChI=1S/C17H16FNO2S/c18-16-8-10-17(11-9-16)22(20,21)19-12-4-7-15(13-19)14-5-2-1-3-6-14/h1-3,5-11H,4,12-13H2. The molecule has 3 rings (SSSR count). The van der Waals surface area contributed by atoms with Gasteiger partial charge in [-0.2, -0.15) is 4.31 Å². The molecule has 0 fully saturated rings. The van der Waals surface area contributed by atoms with E-state index in [-0.39, 0.29) is 4.90 Å². The van der Waals surface area contributed by atoms with E-state index in [1.807, 2.05) is 30.3 Å². The summed E-state index contributed by atoms with van der Waals surface area (Å²) < 4.78 is 39.7. The molecule has 0 spiro atoms. The van der Waals surface area contributed by atoms with Crippen LogP contribution >= 0.6 is 0 Å². The lowest BCUT2D eigenvalue weighted by Crippen LogP contribution is -2.35. The summed E-state index contributed by atoms with van der Waals surface area (Å²) in [5.41, 5.74) is 2.03. The average molecular weight is 317 g/mol. The van der Waals surface area contributed by atoms with Crippen LogP contribution in [0.2, 0.25) is 0 Å². The number of halogens is 1. The molecule has 2 aromatic rings. The van der Waals surface area contributed by atoms with Gasteiger partial charge in [-0.15, -0.1) is 0 Å². The Morgan fingerprint density at radius 1 is 0.955 bits per heavy atom. The minimum Gasteiger partial charge on any atom is -0.207 e. The normalized spacial score (nSPS) is 16.3. The van der Waals surface area contributed by atoms with Gasteiger partial charge in [-0.25, -0.2) is 12.8 Å². The summed E-state index contributed by atoms with van der Waals surface area (Å²) in [6.07, 6.45) is 2.75. The summed E-state index contributed by atoms with van der Waals surface area (Å²) in [6, 6.07) is 14.7. The van der Waals surface area contributed by atoms with Gasteiger partial charge >= 0.3 is 0 Å². The van der Waals surface area contributed by atoms with Crippen molar-refractivity contribution in [2.24, 2.45) is 0 Å². The largest absolute Gasteiger partial charge is 0.243 e. The Morgan fingerprint density at radius 3 is 2.32 bits per heavy atom. The van der Waals surface area contributed by atoms with E-state index in [0.717, 1.165) is 11.1 Å². The Labute approximate surface area is 129 Å². The Bertz CT molecular complexity index is 783. The first-order valence-electron chi connectivity index (χ1n) is 7.07. The highest BCUT2D eigenvalue weighted by Gasteiger charge is 2.27. The molecule has 0 atom stereocenters. The first-order chi connectivity index (χ1) is 10.6. The molecule has 0 bridgehead atoms. The summed E-state index contributed by atoms with van der Waals surface area (Å²) in [5, 5.41) is 0. The van der Waals surface area contributed by atoms with Crippen molar-refractivity contribution in [1.82, 2.24) is 4.31 Å². The van der Waals surface area contributed by atoms with Crippen molar-refractivity contribution in [3.05, 3.63) is 72.1 Å². The van der Waals surface area contributed by atoms with Crippen LogP contribution in [0.15, 0.2) is 65.6 Å². The van der Waals surface area contributed by atoms with E-state index in [1.54, 1.807) is 0 Å². The van der Waals surface area contributed by atoms with Gasteiger partial charge in [0.15, 0.2) is 0 Å². The highest BCUT2D eigenvalue weighted by Crippen LogP contribution is 2.25. The number of benzene rings is 2. The molecule has 0 saturated carbocycles. The van der Waals surface area contributed by atoms with Gasteiger partial charge in [-0.1, -0.05) is 36.4 Å². The van der Waals surface area contributed by atoms with Crippen molar-refractivity contribution >= 4 is 15.6 Å². The van der Waals surface area contributed by atoms with Crippen molar-refractivity contribution < 1.29 is 12.8 Å². The molecule has 1 aliphatic rings. The molecule has 3 nitrogen and oxygen atoms in total. The fourth-order valence-corrected chi connectivity index (χ4v) is 3.97. The molecule has 0 amide bonds. The maximum absolute atomic E-state index is 13.0. The number of rotatable bonds is 3. The van der Waals surface area contributed by atoms with Gasteiger partial charge in [0.25, 0.3) is 0 Å². The topological polar surface area (TPSA) is 37.4 Å². The second-order valence-electron chi connectivity index (χ2n) is 5.18. The molecule has 0 N–H and O–H groups in total. The Hall–Kier alpha value is -1.98. The summed E-state index contributed by atoms with van der Waals surface area (Å²) in [7, 11) is -3.59. The second kappa shape index (κ2) is 6.02. The van der Waals surface area contributed by atoms with Gasteiger partial charge in [-0.05, 0) is 41.8 Å². The molecule has 0 aliphatic carbocycles. The number of hydrogen-bond acceptors (Lipinski definition) is 2. The Morgan fingerprint density at radius 2 is 1.64 bits per heavy atom. The van der Waals surface area contributed by atoms with E-state index in [9.17, 15) is 12.8 Å². The lowest BCUT2D eigenvalue weighted by Gasteiger charge is -2.27. The zero-order valence-electron chi connectivity index (χ0n) is 11.9. The van der Waals surface area contributed by atoms with Gasteiger partial charge in [0.2, 0.25) is 10.0 Å². The summed E-state index contributed by atoms with van der Waals surface area (Å²) in [6.45, 7) is 0.778. The average Bonchev–Trinajstić information content (AvgIpc) is 2.56. The highest BCUT2D eigenvalue weighted by atomic mass is 32.2. The lowest BCUT2D eigenvalue weighted by molar-refractivity contribution is 0.443. The monoisotopic (exact) mass is 317 g/mol. The third kappa shape index (κ3) is 2.96. The third-order valence-electron chi connectivity index (χ3n) is 3.71. The van der Waals surface area contributed by atoms with Crippen molar-refractivity contribution in [1.29, 1.82) is 0 Å². The maximum Gasteiger partial charge on any atom is 0.243 e. The Balaban J connectivity index is 1.87. The fourth-order valence-electron chi connectivity index (χ4n) is 2.54. The SMILES string of the molecule is O=S(=O)(c1ccc(F)cc1)N1CCC=C(c2ccccc2)C1. The first-order valence-corrected chi connectivity index (χ1v) is 8.51. The van der Waals surface area contributed by atoms with Crippen LogP contribution in [-0.4, -0.2) is 25.8 Å². The number of sulfonamides is 1. The van der Waals surface area contributed by atoms with Crippen molar-refractivity contribution in [2.45, 2.75) is 11.3 Å². The van der Waals surface area contributed by atoms with Crippen LogP contribution in [0.3, 0.4) is 0 Å². The summed E-state index contributed by atoms with van der Waals surface area (Å²) in [5.74, 6) is -0.442. The summed E-state index contributed by atoms with van der Waals surface area (Å²) >= 11 is 0. The van der Waals surface area contributed by atoms with Crippen LogP contribution in [0.4, 0.5) is 4.39 Å². The molecule has 1 aliphatic heterocycles. The predicted octanol–water partition coefficient (Wildman–Crippen LogP) is 3.30. The molecule has 5 heteroatoms. The van der Waals surface area contributed by atoms with E-state index < -0.39 is 15.8 Å². The molecule has 114 valence electrons. The van der Waals surface area contributed by atoms with Crippen LogP contribution in [0.5, 0.6) is 0 Å². The second-order valence-corrected chi connectivity index (χ2v) is 7.11. The van der Waals surface area contributed by atoms with Gasteiger partial charge < -0.3 is 0 Å². The molecule has 2 aromatic carbocycles. The maximum atomic E-state index is 13.0. The quantitative estimate of drug-likeness (QED) is 0.871. The lowest BCUT2D eigenvalue weighted by atomic mass is 10.0. The molecule has 22 heavy (non-hydrogen) atoms. The molecule has 0 saturated heterocycles. The zero-order chi connectivity index (χ0) is 15.6. The van der Waals surface area contributed by atoms with Gasteiger partial charge in [0, 0.05) is 13.1 Å². The van der Waals surface area contributed by atoms with E-state index in [2.05, 4.69) is 6.08 Å². The van der Waals surface area contributed by atoms with Crippen LogP contribution in [0, 0.1) is 5.82 Å². The van der Waals surface area contributed by atoms with Crippen LogP contribution in [0.1, 0.15) is 12.0 Å². The van der Waals surface area contributed by atoms with Gasteiger partial charge in [0.1, 0.15) is 5.82 Å². The third-order valence-corrected chi connectivity index (χ3v) is 5.57. The number of nitrogens with zero attached hydrogens (tertiary/aromatic N) is 1. The van der Waals surface area contributed by atoms with E-state index >= 15 is 0 Å². The van der Waals surface area contributed by atoms with E-state index in [1.165, 1.54) is 28.6 Å². The van der Waals surface area contributed by atoms with Crippen molar-refractivity contribution in [3.8, 4) is 0 Å². The van der Waals surface area contributed by atoms with Crippen LogP contribution < -0.4 is 0 Å². The number of hydrogen-bond donors (Lipinski definition) is 0. The molecule has 0 unspecified atom stereocenters. The summed E-state index contributed by atoms with van der Waals surface area (Å²) in [4.78, 5) is 0.128. The molecular weight excluding hydrogens is 301 g/mol. The zero-order valence-corrected chi connectivity index (χ0v) is 12.8.